The highest BCUT2D eigenvalue weighted by Gasteiger charge is 2.59. The van der Waals surface area contributed by atoms with Gasteiger partial charge in [-0.2, -0.15) is 0 Å². The van der Waals surface area contributed by atoms with Crippen molar-refractivity contribution in [2.24, 2.45) is 11.3 Å². The van der Waals surface area contributed by atoms with Crippen LogP contribution in [-0.4, -0.2) is 42.7 Å². The molecular weight excluding hydrogens is 380 g/mol. The summed E-state index contributed by atoms with van der Waals surface area (Å²) < 4.78 is 12.3. The Morgan fingerprint density at radius 3 is 2.63 bits per heavy atom. The van der Waals surface area contributed by atoms with Gasteiger partial charge in [-0.05, 0) is 66.8 Å². The van der Waals surface area contributed by atoms with Crippen molar-refractivity contribution in [3.05, 3.63) is 57.5 Å². The van der Waals surface area contributed by atoms with E-state index in [4.69, 9.17) is 9.47 Å². The third-order valence-corrected chi connectivity index (χ3v) is 6.97. The summed E-state index contributed by atoms with van der Waals surface area (Å²) in [7, 11) is 3.21. The minimum absolute atomic E-state index is 0.113. The lowest BCUT2D eigenvalue weighted by molar-refractivity contribution is 0.0760. The van der Waals surface area contributed by atoms with Crippen LogP contribution in [0.1, 0.15) is 41.3 Å². The molecule has 2 aliphatic rings. The number of benzene rings is 1. The van der Waals surface area contributed by atoms with Gasteiger partial charge < -0.3 is 18.9 Å². The van der Waals surface area contributed by atoms with Crippen LogP contribution in [0.25, 0.3) is 0 Å². The van der Waals surface area contributed by atoms with Crippen molar-refractivity contribution in [2.45, 2.75) is 39.7 Å². The van der Waals surface area contributed by atoms with Crippen LogP contribution in [0.2, 0.25) is 0 Å². The Bertz CT molecular complexity index is 1020. The summed E-state index contributed by atoms with van der Waals surface area (Å²) in [5, 5.41) is 0. The molecule has 2 fully saturated rings. The molecule has 160 valence electrons. The van der Waals surface area contributed by atoms with Crippen LogP contribution in [0.5, 0.6) is 11.5 Å². The number of likely N-dealkylation sites (tertiary alicyclic amines) is 1. The standard InChI is InChI=1S/C24H30N2O4/c1-5-24-13-18(24)14-26(15-24)23(28)21-16(2)8-10-25(22(21)27)11-9-17-6-7-19(29-3)20(12-17)30-4/h6-8,10,12,18H,5,9,11,13-15H2,1-4H3/t18-,24+/m0/s1. The molecule has 6 nitrogen and oxygen atoms in total. The third kappa shape index (κ3) is 3.48. The molecule has 2 aromatic rings. The Balaban J connectivity index is 1.52. The Kier molecular flexibility index (Phi) is 5.35. The first-order valence-electron chi connectivity index (χ1n) is 10.6. The van der Waals surface area contributed by atoms with Gasteiger partial charge in [-0.1, -0.05) is 13.0 Å². The number of piperidine rings is 1. The fraction of sp³-hybridized carbons (Fsp3) is 0.500. The topological polar surface area (TPSA) is 60.8 Å². The second-order valence-electron chi connectivity index (χ2n) is 8.61. The van der Waals surface area contributed by atoms with E-state index in [1.807, 2.05) is 36.1 Å². The molecule has 0 spiro atoms. The molecule has 0 radical (unpaired) electrons. The third-order valence-electron chi connectivity index (χ3n) is 6.97. The predicted molar refractivity (Wildman–Crippen MR) is 115 cm³/mol. The van der Waals surface area contributed by atoms with Gasteiger partial charge in [-0.15, -0.1) is 0 Å². The van der Waals surface area contributed by atoms with Gasteiger partial charge in [0.1, 0.15) is 5.56 Å². The highest BCUT2D eigenvalue weighted by molar-refractivity contribution is 5.95. The van der Waals surface area contributed by atoms with Gasteiger partial charge >= 0.3 is 0 Å². The van der Waals surface area contributed by atoms with E-state index in [1.165, 1.54) is 6.42 Å². The number of hydrogen-bond donors (Lipinski definition) is 0. The lowest BCUT2D eigenvalue weighted by Gasteiger charge is -2.21. The highest BCUT2D eigenvalue weighted by Crippen LogP contribution is 2.60. The van der Waals surface area contributed by atoms with Crippen LogP contribution in [0.15, 0.2) is 35.3 Å². The second kappa shape index (κ2) is 7.82. The molecule has 4 rings (SSSR count). The van der Waals surface area contributed by atoms with E-state index in [0.717, 1.165) is 30.6 Å². The summed E-state index contributed by atoms with van der Waals surface area (Å²) in [6.07, 6.45) is 4.76. The van der Waals surface area contributed by atoms with Crippen LogP contribution >= 0.6 is 0 Å². The Morgan fingerprint density at radius 2 is 1.97 bits per heavy atom. The number of hydrogen-bond acceptors (Lipinski definition) is 4. The molecule has 0 unspecified atom stereocenters. The lowest BCUT2D eigenvalue weighted by atomic mass is 10.0. The molecular formula is C24H30N2O4. The van der Waals surface area contributed by atoms with Crippen LogP contribution < -0.4 is 15.0 Å². The number of fused-ring (bicyclic) bond motifs is 1. The normalized spacial score (nSPS) is 22.0. The van der Waals surface area contributed by atoms with E-state index in [2.05, 4.69) is 6.92 Å². The minimum Gasteiger partial charge on any atom is -0.493 e. The molecule has 2 heterocycles. The van der Waals surface area contributed by atoms with Crippen molar-refractivity contribution in [2.75, 3.05) is 27.3 Å². The van der Waals surface area contributed by atoms with Gasteiger partial charge in [-0.25, -0.2) is 0 Å². The zero-order valence-electron chi connectivity index (χ0n) is 18.2. The number of amides is 1. The number of aromatic nitrogens is 1. The average Bonchev–Trinajstić information content (AvgIpc) is 3.32. The molecule has 30 heavy (non-hydrogen) atoms. The first kappa shape index (κ1) is 20.5. The van der Waals surface area contributed by atoms with E-state index in [0.29, 0.717) is 41.4 Å². The van der Waals surface area contributed by atoms with E-state index < -0.39 is 0 Å². The number of nitrogens with zero attached hydrogens (tertiary/aromatic N) is 2. The molecule has 1 amide bonds. The zero-order chi connectivity index (χ0) is 21.5. The first-order valence-corrected chi connectivity index (χ1v) is 10.6. The summed E-state index contributed by atoms with van der Waals surface area (Å²) >= 11 is 0. The first-order chi connectivity index (χ1) is 14.4. The van der Waals surface area contributed by atoms with Crippen molar-refractivity contribution in [1.82, 2.24) is 9.47 Å². The molecule has 1 aliphatic heterocycles. The number of carbonyl (C=O) groups is 1. The summed E-state index contributed by atoms with van der Waals surface area (Å²) in [5.41, 5.74) is 2.21. The van der Waals surface area contributed by atoms with E-state index in [1.54, 1.807) is 25.0 Å². The van der Waals surface area contributed by atoms with Crippen molar-refractivity contribution in [3.8, 4) is 11.5 Å². The van der Waals surface area contributed by atoms with Crippen LogP contribution in [0.4, 0.5) is 0 Å². The fourth-order valence-electron chi connectivity index (χ4n) is 4.84. The lowest BCUT2D eigenvalue weighted by Crippen LogP contribution is -2.38. The minimum atomic E-state index is -0.202. The summed E-state index contributed by atoms with van der Waals surface area (Å²) in [5.74, 6) is 1.84. The molecule has 1 aliphatic carbocycles. The van der Waals surface area contributed by atoms with Crippen LogP contribution in [0, 0.1) is 18.3 Å². The summed E-state index contributed by atoms with van der Waals surface area (Å²) in [4.78, 5) is 28.2. The van der Waals surface area contributed by atoms with Crippen molar-refractivity contribution in [1.29, 1.82) is 0 Å². The number of methoxy groups -OCH3 is 2. The molecule has 1 aromatic carbocycles. The predicted octanol–water partition coefficient (Wildman–Crippen LogP) is 3.29. The average molecular weight is 411 g/mol. The van der Waals surface area contributed by atoms with Crippen molar-refractivity contribution in [3.63, 3.8) is 0 Å². The van der Waals surface area contributed by atoms with E-state index in [-0.39, 0.29) is 11.5 Å². The van der Waals surface area contributed by atoms with Crippen molar-refractivity contribution < 1.29 is 14.3 Å². The molecule has 6 heteroatoms. The van der Waals surface area contributed by atoms with Gasteiger partial charge in [0.15, 0.2) is 11.5 Å². The molecule has 0 N–H and O–H groups in total. The molecule has 1 saturated heterocycles. The van der Waals surface area contributed by atoms with E-state index >= 15 is 0 Å². The SMILES string of the molecule is CC[C@]12C[C@H]1CN(C(=O)c1c(C)ccn(CCc3ccc(OC)c(OC)c3)c1=O)C2. The maximum Gasteiger partial charge on any atom is 0.263 e. The quantitative estimate of drug-likeness (QED) is 0.703. The second-order valence-corrected chi connectivity index (χ2v) is 8.61. The van der Waals surface area contributed by atoms with Gasteiger partial charge in [0.05, 0.1) is 14.2 Å². The maximum atomic E-state index is 13.2. The van der Waals surface area contributed by atoms with Crippen molar-refractivity contribution >= 4 is 5.91 Å². The van der Waals surface area contributed by atoms with Gasteiger partial charge in [0.2, 0.25) is 0 Å². The fourth-order valence-corrected chi connectivity index (χ4v) is 4.84. The molecule has 1 saturated carbocycles. The summed E-state index contributed by atoms with van der Waals surface area (Å²) in [6.45, 7) is 6.11. The molecule has 0 bridgehead atoms. The number of rotatable bonds is 7. The van der Waals surface area contributed by atoms with Crippen LogP contribution in [0.3, 0.4) is 0 Å². The van der Waals surface area contributed by atoms with Gasteiger partial charge in [0.25, 0.3) is 11.5 Å². The number of pyridine rings is 1. The smallest absolute Gasteiger partial charge is 0.263 e. The largest absolute Gasteiger partial charge is 0.493 e. The molecule has 1 aromatic heterocycles. The van der Waals surface area contributed by atoms with Crippen LogP contribution in [-0.2, 0) is 13.0 Å². The zero-order valence-corrected chi connectivity index (χ0v) is 18.2. The number of ether oxygens (including phenoxy) is 2. The highest BCUT2D eigenvalue weighted by atomic mass is 16.5. The Morgan fingerprint density at radius 1 is 1.20 bits per heavy atom. The van der Waals surface area contributed by atoms with Gasteiger partial charge in [-0.3, -0.25) is 9.59 Å². The van der Waals surface area contributed by atoms with Gasteiger partial charge in [0, 0.05) is 25.8 Å². The Labute approximate surface area is 177 Å². The number of carbonyl (C=O) groups excluding carboxylic acids is 1. The maximum absolute atomic E-state index is 13.2. The number of aryl methyl sites for hydroxylation is 3. The summed E-state index contributed by atoms with van der Waals surface area (Å²) in [6, 6.07) is 7.62. The van der Waals surface area contributed by atoms with E-state index in [9.17, 15) is 9.59 Å². The molecule has 2 atom stereocenters. The monoisotopic (exact) mass is 410 g/mol. The Hall–Kier alpha value is -2.76.